The molecule has 0 aliphatic carbocycles. The third-order valence-electron chi connectivity index (χ3n) is 3.71. The molecule has 0 bridgehead atoms. The molecule has 2 rings (SSSR count). The molecular weight excluding hydrogens is 241 g/mol. The van der Waals surface area contributed by atoms with Crippen molar-refractivity contribution in [3.05, 3.63) is 29.6 Å². The van der Waals surface area contributed by atoms with E-state index in [1.54, 1.807) is 12.1 Å². The van der Waals surface area contributed by atoms with Crippen LogP contribution in [0.5, 0.6) is 5.75 Å². The van der Waals surface area contributed by atoms with Crippen molar-refractivity contribution in [1.82, 2.24) is 4.90 Å². The topological polar surface area (TPSA) is 12.5 Å². The first-order chi connectivity index (χ1) is 9.16. The molecule has 0 unspecified atom stereocenters. The minimum atomic E-state index is -0.188. The zero-order valence-corrected chi connectivity index (χ0v) is 12.0. The van der Waals surface area contributed by atoms with E-state index in [1.807, 2.05) is 0 Å². The Labute approximate surface area is 115 Å². The van der Waals surface area contributed by atoms with Crippen LogP contribution in [0.25, 0.3) is 0 Å². The van der Waals surface area contributed by atoms with Crippen LogP contribution >= 0.6 is 0 Å². The Morgan fingerprint density at radius 1 is 1.21 bits per heavy atom. The van der Waals surface area contributed by atoms with Gasteiger partial charge in [0.1, 0.15) is 18.2 Å². The molecule has 1 fully saturated rings. The lowest BCUT2D eigenvalue weighted by atomic mass is 10.0. The van der Waals surface area contributed by atoms with Crippen LogP contribution in [0, 0.1) is 5.82 Å². The lowest BCUT2D eigenvalue weighted by Crippen LogP contribution is -2.33. The number of hydrogen-bond donors (Lipinski definition) is 0. The summed E-state index contributed by atoms with van der Waals surface area (Å²) in [5.74, 6) is 0.918. The largest absolute Gasteiger partial charge is 0.492 e. The van der Waals surface area contributed by atoms with E-state index in [0.717, 1.165) is 17.9 Å². The molecule has 19 heavy (non-hydrogen) atoms. The molecule has 1 aliphatic heterocycles. The molecule has 1 heterocycles. The second-order valence-electron chi connectivity index (χ2n) is 5.59. The van der Waals surface area contributed by atoms with Crippen molar-refractivity contribution in [2.45, 2.75) is 39.0 Å². The minimum absolute atomic E-state index is 0.188. The Morgan fingerprint density at radius 2 is 1.95 bits per heavy atom. The smallest absolute Gasteiger partial charge is 0.123 e. The van der Waals surface area contributed by atoms with Gasteiger partial charge in [-0.05, 0) is 55.6 Å². The highest BCUT2D eigenvalue weighted by atomic mass is 19.1. The third kappa shape index (κ3) is 4.20. The van der Waals surface area contributed by atoms with Crippen molar-refractivity contribution < 1.29 is 9.13 Å². The van der Waals surface area contributed by atoms with Crippen LogP contribution in [0.1, 0.15) is 44.6 Å². The maximum Gasteiger partial charge on any atom is 0.123 e. The van der Waals surface area contributed by atoms with Crippen LogP contribution in [0.2, 0.25) is 0 Å². The molecule has 0 spiro atoms. The van der Waals surface area contributed by atoms with Crippen molar-refractivity contribution in [2.24, 2.45) is 0 Å². The van der Waals surface area contributed by atoms with Gasteiger partial charge in [-0.3, -0.25) is 4.90 Å². The fraction of sp³-hybridized carbons (Fsp3) is 0.625. The van der Waals surface area contributed by atoms with Crippen molar-refractivity contribution in [3.63, 3.8) is 0 Å². The summed E-state index contributed by atoms with van der Waals surface area (Å²) in [7, 11) is 0. The van der Waals surface area contributed by atoms with E-state index in [1.165, 1.54) is 38.4 Å². The average molecular weight is 265 g/mol. The normalized spacial score (nSPS) is 16.8. The molecule has 0 atom stereocenters. The van der Waals surface area contributed by atoms with Gasteiger partial charge in [0.15, 0.2) is 0 Å². The van der Waals surface area contributed by atoms with Gasteiger partial charge in [-0.15, -0.1) is 0 Å². The van der Waals surface area contributed by atoms with Gasteiger partial charge in [-0.1, -0.05) is 20.3 Å². The van der Waals surface area contributed by atoms with Crippen LogP contribution in [-0.4, -0.2) is 31.1 Å². The van der Waals surface area contributed by atoms with Gasteiger partial charge < -0.3 is 4.74 Å². The Kier molecular flexibility index (Phi) is 5.20. The summed E-state index contributed by atoms with van der Waals surface area (Å²) in [5.41, 5.74) is 0.957. The predicted octanol–water partition coefficient (Wildman–Crippen LogP) is 3.81. The Bertz CT molecular complexity index is 400. The quantitative estimate of drug-likeness (QED) is 0.802. The van der Waals surface area contributed by atoms with Gasteiger partial charge in [0.25, 0.3) is 0 Å². The average Bonchev–Trinajstić information content (AvgIpc) is 2.41. The molecule has 0 N–H and O–H groups in total. The Balaban J connectivity index is 1.88. The predicted molar refractivity (Wildman–Crippen MR) is 76.3 cm³/mol. The second kappa shape index (κ2) is 6.90. The van der Waals surface area contributed by atoms with E-state index < -0.39 is 0 Å². The monoisotopic (exact) mass is 265 g/mol. The number of piperidine rings is 1. The van der Waals surface area contributed by atoms with Crippen LogP contribution < -0.4 is 4.74 Å². The van der Waals surface area contributed by atoms with E-state index >= 15 is 0 Å². The van der Waals surface area contributed by atoms with Crippen molar-refractivity contribution in [1.29, 1.82) is 0 Å². The zero-order valence-electron chi connectivity index (χ0n) is 12.0. The first kappa shape index (κ1) is 14.3. The van der Waals surface area contributed by atoms with Crippen molar-refractivity contribution in [2.75, 3.05) is 26.2 Å². The summed E-state index contributed by atoms with van der Waals surface area (Å²) in [6.45, 7) is 8.15. The molecule has 1 aliphatic rings. The maximum atomic E-state index is 13.3. The number of likely N-dealkylation sites (tertiary alicyclic amines) is 1. The molecule has 0 aromatic heterocycles. The number of ether oxygens (including phenoxy) is 1. The SMILES string of the molecule is CC(C)c1cc(F)ccc1OCCN1CCCCC1. The fourth-order valence-electron chi connectivity index (χ4n) is 2.57. The second-order valence-corrected chi connectivity index (χ2v) is 5.59. The van der Waals surface area contributed by atoms with E-state index in [-0.39, 0.29) is 11.7 Å². The van der Waals surface area contributed by atoms with Crippen molar-refractivity contribution >= 4 is 0 Å². The summed E-state index contributed by atoms with van der Waals surface area (Å²) < 4.78 is 19.1. The summed E-state index contributed by atoms with van der Waals surface area (Å²) in [6, 6.07) is 4.81. The summed E-state index contributed by atoms with van der Waals surface area (Å²) >= 11 is 0. The lowest BCUT2D eigenvalue weighted by molar-refractivity contribution is 0.182. The molecular formula is C16H24FNO. The number of rotatable bonds is 5. The first-order valence-corrected chi connectivity index (χ1v) is 7.31. The summed E-state index contributed by atoms with van der Waals surface area (Å²) in [5, 5.41) is 0. The minimum Gasteiger partial charge on any atom is -0.492 e. The van der Waals surface area contributed by atoms with E-state index in [4.69, 9.17) is 4.74 Å². The van der Waals surface area contributed by atoms with E-state index in [2.05, 4.69) is 18.7 Å². The van der Waals surface area contributed by atoms with E-state index in [9.17, 15) is 4.39 Å². The van der Waals surface area contributed by atoms with Gasteiger partial charge in [-0.2, -0.15) is 0 Å². The fourth-order valence-corrected chi connectivity index (χ4v) is 2.57. The maximum absolute atomic E-state index is 13.3. The highest BCUT2D eigenvalue weighted by molar-refractivity contribution is 5.36. The van der Waals surface area contributed by atoms with Gasteiger partial charge in [-0.25, -0.2) is 4.39 Å². The van der Waals surface area contributed by atoms with Gasteiger partial charge in [0.05, 0.1) is 0 Å². The standard InChI is InChI=1S/C16H24FNO/c1-13(2)15-12-14(17)6-7-16(15)19-11-10-18-8-4-3-5-9-18/h6-7,12-13H,3-5,8-11H2,1-2H3. The summed E-state index contributed by atoms with van der Waals surface area (Å²) in [6.07, 6.45) is 3.95. The highest BCUT2D eigenvalue weighted by Crippen LogP contribution is 2.27. The molecule has 2 nitrogen and oxygen atoms in total. The number of hydrogen-bond acceptors (Lipinski definition) is 2. The van der Waals surface area contributed by atoms with Gasteiger partial charge in [0.2, 0.25) is 0 Å². The molecule has 106 valence electrons. The lowest BCUT2D eigenvalue weighted by Gasteiger charge is -2.26. The molecule has 3 heteroatoms. The molecule has 1 aromatic rings. The van der Waals surface area contributed by atoms with Crippen molar-refractivity contribution in [3.8, 4) is 5.75 Å². The molecule has 1 saturated heterocycles. The number of nitrogens with zero attached hydrogens (tertiary/aromatic N) is 1. The molecule has 0 amide bonds. The van der Waals surface area contributed by atoms with Crippen LogP contribution in [0.15, 0.2) is 18.2 Å². The number of halogens is 1. The zero-order chi connectivity index (χ0) is 13.7. The molecule has 0 radical (unpaired) electrons. The van der Waals surface area contributed by atoms with Gasteiger partial charge in [0, 0.05) is 6.54 Å². The molecule has 1 aromatic carbocycles. The van der Waals surface area contributed by atoms with E-state index in [0.29, 0.717) is 6.61 Å². The van der Waals surface area contributed by atoms with Crippen LogP contribution in [0.3, 0.4) is 0 Å². The Hall–Kier alpha value is -1.09. The summed E-state index contributed by atoms with van der Waals surface area (Å²) in [4.78, 5) is 2.45. The first-order valence-electron chi connectivity index (χ1n) is 7.31. The van der Waals surface area contributed by atoms with Crippen LogP contribution in [-0.2, 0) is 0 Å². The van der Waals surface area contributed by atoms with Crippen LogP contribution in [0.4, 0.5) is 4.39 Å². The Morgan fingerprint density at radius 3 is 2.63 bits per heavy atom. The highest BCUT2D eigenvalue weighted by Gasteiger charge is 2.12. The third-order valence-corrected chi connectivity index (χ3v) is 3.71. The number of benzene rings is 1. The molecule has 0 saturated carbocycles. The van der Waals surface area contributed by atoms with Gasteiger partial charge >= 0.3 is 0 Å².